The van der Waals surface area contributed by atoms with Crippen LogP contribution in [0.1, 0.15) is 31.7 Å². The molecule has 3 nitrogen and oxygen atoms in total. The summed E-state index contributed by atoms with van der Waals surface area (Å²) >= 11 is 0. The van der Waals surface area contributed by atoms with Gasteiger partial charge in [-0.1, -0.05) is 30.3 Å². The minimum absolute atomic E-state index is 0.192. The van der Waals surface area contributed by atoms with Crippen LogP contribution < -0.4 is 11.3 Å². The van der Waals surface area contributed by atoms with Crippen molar-refractivity contribution < 1.29 is 4.74 Å². The molecule has 1 aliphatic carbocycles. The topological polar surface area (TPSA) is 47.3 Å². The number of nitrogens with one attached hydrogen (secondary N) is 1. The van der Waals surface area contributed by atoms with E-state index in [9.17, 15) is 0 Å². The van der Waals surface area contributed by atoms with Crippen LogP contribution in [0.25, 0.3) is 0 Å². The third kappa shape index (κ3) is 2.51. The standard InChI is InChI=1S/C14H22N2O/c1-14(2,17-3)13(16-15)12-9-11(12)10-7-5-4-6-8-10/h4-8,11-13,16H,9,15H2,1-3H3. The number of nitrogens with two attached hydrogens (primary N) is 1. The van der Waals surface area contributed by atoms with Gasteiger partial charge in [0.05, 0.1) is 11.6 Å². The predicted molar refractivity (Wildman–Crippen MR) is 69.5 cm³/mol. The van der Waals surface area contributed by atoms with Gasteiger partial charge < -0.3 is 4.74 Å². The molecule has 3 N–H and O–H groups in total. The molecule has 0 bridgehead atoms. The van der Waals surface area contributed by atoms with Gasteiger partial charge in [0.15, 0.2) is 0 Å². The van der Waals surface area contributed by atoms with E-state index in [-0.39, 0.29) is 11.6 Å². The average Bonchev–Trinajstić information content (AvgIpc) is 3.11. The highest BCUT2D eigenvalue weighted by Gasteiger charge is 2.49. The third-order valence-electron chi connectivity index (χ3n) is 3.95. The number of benzene rings is 1. The Morgan fingerprint density at radius 1 is 1.35 bits per heavy atom. The smallest absolute Gasteiger partial charge is 0.0791 e. The molecule has 0 heterocycles. The summed E-state index contributed by atoms with van der Waals surface area (Å²) in [5, 5.41) is 0. The van der Waals surface area contributed by atoms with Crippen LogP contribution in [-0.2, 0) is 4.74 Å². The zero-order valence-electron chi connectivity index (χ0n) is 10.8. The van der Waals surface area contributed by atoms with Gasteiger partial charge in [0, 0.05) is 7.11 Å². The molecule has 0 aliphatic heterocycles. The van der Waals surface area contributed by atoms with E-state index in [1.165, 1.54) is 12.0 Å². The van der Waals surface area contributed by atoms with E-state index in [1.807, 2.05) is 0 Å². The van der Waals surface area contributed by atoms with Crippen molar-refractivity contribution in [3.63, 3.8) is 0 Å². The van der Waals surface area contributed by atoms with E-state index < -0.39 is 0 Å². The Hall–Kier alpha value is -0.900. The fourth-order valence-electron chi connectivity index (χ4n) is 2.63. The van der Waals surface area contributed by atoms with E-state index in [1.54, 1.807) is 7.11 Å². The third-order valence-corrected chi connectivity index (χ3v) is 3.95. The van der Waals surface area contributed by atoms with Crippen molar-refractivity contribution in [3.05, 3.63) is 35.9 Å². The molecule has 0 aromatic heterocycles. The minimum Gasteiger partial charge on any atom is -0.377 e. The van der Waals surface area contributed by atoms with E-state index in [0.29, 0.717) is 11.8 Å². The molecular weight excluding hydrogens is 212 g/mol. The number of hydrogen-bond acceptors (Lipinski definition) is 3. The maximum atomic E-state index is 5.69. The number of ether oxygens (including phenoxy) is 1. The zero-order valence-corrected chi connectivity index (χ0v) is 10.8. The lowest BCUT2D eigenvalue weighted by Crippen LogP contribution is -2.52. The maximum absolute atomic E-state index is 5.69. The summed E-state index contributed by atoms with van der Waals surface area (Å²) in [5.74, 6) is 6.87. The van der Waals surface area contributed by atoms with Gasteiger partial charge in [0.25, 0.3) is 0 Å². The van der Waals surface area contributed by atoms with Crippen LogP contribution in [0.3, 0.4) is 0 Å². The van der Waals surface area contributed by atoms with Gasteiger partial charge in [0.1, 0.15) is 0 Å². The summed E-state index contributed by atoms with van der Waals surface area (Å²) < 4.78 is 5.53. The highest BCUT2D eigenvalue weighted by molar-refractivity contribution is 5.27. The van der Waals surface area contributed by atoms with Gasteiger partial charge in [-0.2, -0.15) is 0 Å². The lowest BCUT2D eigenvalue weighted by atomic mass is 9.92. The van der Waals surface area contributed by atoms with Crippen molar-refractivity contribution in [1.29, 1.82) is 0 Å². The SMILES string of the molecule is COC(C)(C)C(NN)C1CC1c1ccccc1. The molecule has 3 unspecified atom stereocenters. The first kappa shape index (κ1) is 12.6. The predicted octanol–water partition coefficient (Wildman–Crippen LogP) is 2.05. The Labute approximate surface area is 103 Å². The van der Waals surface area contributed by atoms with Crippen LogP contribution in [0.15, 0.2) is 30.3 Å². The first-order valence-corrected chi connectivity index (χ1v) is 6.16. The second-order valence-electron chi connectivity index (χ2n) is 5.37. The molecule has 0 radical (unpaired) electrons. The highest BCUT2D eigenvalue weighted by atomic mass is 16.5. The molecule has 1 aliphatic rings. The van der Waals surface area contributed by atoms with Crippen LogP contribution in [0.2, 0.25) is 0 Å². The molecule has 1 aromatic carbocycles. The van der Waals surface area contributed by atoms with Gasteiger partial charge in [0.2, 0.25) is 0 Å². The average molecular weight is 234 g/mol. The van der Waals surface area contributed by atoms with E-state index in [0.717, 1.165) is 0 Å². The molecule has 94 valence electrons. The molecule has 3 atom stereocenters. The summed E-state index contributed by atoms with van der Waals surface area (Å²) in [6, 6.07) is 10.8. The molecule has 0 spiro atoms. The molecule has 0 amide bonds. The lowest BCUT2D eigenvalue weighted by molar-refractivity contribution is -0.0171. The second kappa shape index (κ2) is 4.77. The monoisotopic (exact) mass is 234 g/mol. The van der Waals surface area contributed by atoms with Gasteiger partial charge in [-0.15, -0.1) is 0 Å². The van der Waals surface area contributed by atoms with Crippen molar-refractivity contribution in [2.45, 2.75) is 37.8 Å². The Balaban J connectivity index is 2.07. The molecule has 0 saturated heterocycles. The lowest BCUT2D eigenvalue weighted by Gasteiger charge is -2.33. The summed E-state index contributed by atoms with van der Waals surface area (Å²) in [5.41, 5.74) is 4.10. The Kier molecular flexibility index (Phi) is 3.52. The summed E-state index contributed by atoms with van der Waals surface area (Å²) in [6.45, 7) is 4.16. The van der Waals surface area contributed by atoms with Gasteiger partial charge in [-0.3, -0.25) is 11.3 Å². The van der Waals surface area contributed by atoms with Crippen LogP contribution in [0.5, 0.6) is 0 Å². The van der Waals surface area contributed by atoms with E-state index in [4.69, 9.17) is 10.6 Å². The van der Waals surface area contributed by atoms with Gasteiger partial charge >= 0.3 is 0 Å². The van der Waals surface area contributed by atoms with Crippen molar-refractivity contribution in [2.75, 3.05) is 7.11 Å². The van der Waals surface area contributed by atoms with Crippen molar-refractivity contribution in [2.24, 2.45) is 11.8 Å². The number of rotatable bonds is 5. The van der Waals surface area contributed by atoms with Crippen LogP contribution in [0.4, 0.5) is 0 Å². The van der Waals surface area contributed by atoms with E-state index >= 15 is 0 Å². The summed E-state index contributed by atoms with van der Waals surface area (Å²) in [4.78, 5) is 0. The van der Waals surface area contributed by atoms with Crippen LogP contribution in [0, 0.1) is 5.92 Å². The fourth-order valence-corrected chi connectivity index (χ4v) is 2.63. The molecule has 17 heavy (non-hydrogen) atoms. The van der Waals surface area contributed by atoms with Crippen LogP contribution >= 0.6 is 0 Å². The van der Waals surface area contributed by atoms with Gasteiger partial charge in [-0.25, -0.2) is 0 Å². The van der Waals surface area contributed by atoms with Crippen LogP contribution in [-0.4, -0.2) is 18.8 Å². The number of hydrazine groups is 1. The van der Waals surface area contributed by atoms with Crippen molar-refractivity contribution >= 4 is 0 Å². The Bertz CT molecular complexity index is 364. The normalized spacial score (nSPS) is 25.6. The zero-order chi connectivity index (χ0) is 12.5. The second-order valence-corrected chi connectivity index (χ2v) is 5.37. The molecular formula is C14H22N2O. The van der Waals surface area contributed by atoms with Crippen molar-refractivity contribution in [1.82, 2.24) is 5.43 Å². The largest absolute Gasteiger partial charge is 0.377 e. The molecule has 3 heteroatoms. The first-order valence-electron chi connectivity index (χ1n) is 6.16. The van der Waals surface area contributed by atoms with E-state index in [2.05, 4.69) is 49.6 Å². The van der Waals surface area contributed by atoms with Crippen molar-refractivity contribution in [3.8, 4) is 0 Å². The molecule has 1 aromatic rings. The Morgan fingerprint density at radius 2 is 2.00 bits per heavy atom. The summed E-state index contributed by atoms with van der Waals surface area (Å²) in [7, 11) is 1.74. The maximum Gasteiger partial charge on any atom is 0.0791 e. The fraction of sp³-hybridized carbons (Fsp3) is 0.571. The highest BCUT2D eigenvalue weighted by Crippen LogP contribution is 2.51. The first-order chi connectivity index (χ1) is 8.10. The minimum atomic E-state index is -0.233. The number of hydrogen-bond donors (Lipinski definition) is 2. The number of methoxy groups -OCH3 is 1. The molecule has 2 rings (SSSR count). The Morgan fingerprint density at radius 3 is 2.53 bits per heavy atom. The molecule has 1 fully saturated rings. The summed E-state index contributed by atoms with van der Waals surface area (Å²) in [6.07, 6.45) is 1.19. The van der Waals surface area contributed by atoms with Gasteiger partial charge in [-0.05, 0) is 37.7 Å². The quantitative estimate of drug-likeness (QED) is 0.605. The molecule has 1 saturated carbocycles.